The molecule has 0 aromatic carbocycles. The highest BCUT2D eigenvalue weighted by molar-refractivity contribution is 7.53. The van der Waals surface area contributed by atoms with Crippen LogP contribution in [0.5, 0.6) is 0 Å². The molecule has 198 valence electrons. The summed E-state index contributed by atoms with van der Waals surface area (Å²) in [5, 5.41) is 3.21. The number of aromatic amines is 1. The molecule has 1 aromatic rings. The average Bonchev–Trinajstić information content (AvgIpc) is 2.83. The molecule has 2 aliphatic heterocycles. The van der Waals surface area contributed by atoms with E-state index in [4.69, 9.17) is 18.5 Å². The van der Waals surface area contributed by atoms with Crippen LogP contribution in [0.15, 0.2) is 15.8 Å². The van der Waals surface area contributed by atoms with Crippen molar-refractivity contribution >= 4 is 15.8 Å². The fourth-order valence-corrected chi connectivity index (χ4v) is 6.19. The molecule has 2 aliphatic rings. The Morgan fingerprint density at radius 1 is 1.20 bits per heavy atom. The molecule has 2 N–H and O–H groups in total. The van der Waals surface area contributed by atoms with Gasteiger partial charge in [-0.25, -0.2) is 14.1 Å². The highest BCUT2D eigenvalue weighted by Crippen LogP contribution is 2.54. The molecule has 5 atom stereocenters. The Labute approximate surface area is 204 Å². The van der Waals surface area contributed by atoms with Crippen LogP contribution in [0.2, 0.25) is 0 Å². The second-order valence-electron chi connectivity index (χ2n) is 8.77. The minimum absolute atomic E-state index is 0.0426. The van der Waals surface area contributed by atoms with E-state index in [1.807, 2.05) is 0 Å². The van der Waals surface area contributed by atoms with Crippen LogP contribution in [-0.2, 0) is 27.7 Å². The number of hydrogen-bond acceptors (Lipinski definition) is 9. The largest absolute Gasteiger partial charge is 0.615 e. The van der Waals surface area contributed by atoms with E-state index < -0.39 is 39.4 Å². The quantitative estimate of drug-likeness (QED) is 0.386. The Bertz CT molecular complexity index is 1040. The van der Waals surface area contributed by atoms with Gasteiger partial charge in [0, 0.05) is 45.5 Å². The van der Waals surface area contributed by atoms with Crippen LogP contribution >= 0.6 is 15.8 Å². The zero-order valence-corrected chi connectivity index (χ0v) is 22.5. The van der Waals surface area contributed by atoms with Gasteiger partial charge in [0.25, 0.3) is 5.56 Å². The Morgan fingerprint density at radius 2 is 1.94 bits per heavy atom. The van der Waals surface area contributed by atoms with E-state index in [1.165, 1.54) is 20.1 Å². The first-order valence-corrected chi connectivity index (χ1v) is 13.9. The minimum atomic E-state index is -3.58. The van der Waals surface area contributed by atoms with E-state index in [0.717, 1.165) is 6.54 Å². The molecule has 0 radical (unpaired) electrons. The third-order valence-electron chi connectivity index (χ3n) is 5.58. The van der Waals surface area contributed by atoms with Gasteiger partial charge in [0.2, 0.25) is 0 Å². The number of H-pyrrole nitrogens is 1. The fourth-order valence-electron chi connectivity index (χ4n) is 3.67. The zero-order valence-electron chi connectivity index (χ0n) is 20.7. The van der Waals surface area contributed by atoms with Gasteiger partial charge in [-0.2, -0.15) is 0 Å². The minimum Gasteiger partial charge on any atom is -0.373 e. The van der Waals surface area contributed by atoms with Crippen LogP contribution in [-0.4, -0.2) is 110 Å². The van der Waals surface area contributed by atoms with E-state index in [2.05, 4.69) is 10.3 Å². The van der Waals surface area contributed by atoms with Gasteiger partial charge in [-0.15, -0.1) is 4.52 Å². The van der Waals surface area contributed by atoms with Crippen LogP contribution in [0, 0.1) is 6.92 Å². The molecule has 3 rings (SSSR count). The maximum Gasteiger partial charge on any atom is 0.615 e. The SMILES string of the molecule is Cc1cn([C@H]2CN(P(=O)(OC[C@@H]3CNCCO3)N(C)C)C[C@@H](CO[P+](=O)N(C)C)O2)c(=O)[nH]c1=O. The van der Waals surface area contributed by atoms with Gasteiger partial charge in [0.05, 0.1) is 25.9 Å². The summed E-state index contributed by atoms with van der Waals surface area (Å²) in [5.74, 6) is 0. The van der Waals surface area contributed by atoms with Gasteiger partial charge in [0.1, 0.15) is 12.7 Å². The van der Waals surface area contributed by atoms with E-state index in [0.29, 0.717) is 18.7 Å². The number of morpholine rings is 2. The Morgan fingerprint density at radius 3 is 2.57 bits per heavy atom. The third-order valence-corrected chi connectivity index (χ3v) is 9.14. The van der Waals surface area contributed by atoms with Crippen LogP contribution in [0.1, 0.15) is 11.8 Å². The lowest BCUT2D eigenvalue weighted by Crippen LogP contribution is -2.50. The summed E-state index contributed by atoms with van der Waals surface area (Å²) in [4.78, 5) is 26.7. The maximum absolute atomic E-state index is 14.1. The van der Waals surface area contributed by atoms with Gasteiger partial charge in [-0.3, -0.25) is 18.9 Å². The normalized spacial score (nSPS) is 26.1. The van der Waals surface area contributed by atoms with Crippen molar-refractivity contribution in [3.63, 3.8) is 0 Å². The molecule has 0 bridgehead atoms. The molecule has 0 amide bonds. The summed E-state index contributed by atoms with van der Waals surface area (Å²) < 4.78 is 55.2. The van der Waals surface area contributed by atoms with Gasteiger partial charge in [0.15, 0.2) is 6.23 Å². The molecule has 35 heavy (non-hydrogen) atoms. The number of hydrogen-bond donors (Lipinski definition) is 2. The monoisotopic (exact) mass is 537 g/mol. The van der Waals surface area contributed by atoms with E-state index in [-0.39, 0.29) is 32.4 Å². The molecular formula is C19H35N6O8P2+. The number of aromatic nitrogens is 2. The first-order chi connectivity index (χ1) is 16.5. The molecule has 2 unspecified atom stereocenters. The van der Waals surface area contributed by atoms with Gasteiger partial charge >= 0.3 is 21.5 Å². The summed E-state index contributed by atoms with van der Waals surface area (Å²) in [5.41, 5.74) is -0.832. The maximum atomic E-state index is 14.1. The number of rotatable bonds is 10. The second kappa shape index (κ2) is 12.3. The predicted molar refractivity (Wildman–Crippen MR) is 129 cm³/mol. The van der Waals surface area contributed by atoms with E-state index in [9.17, 15) is 18.7 Å². The van der Waals surface area contributed by atoms with Crippen LogP contribution in [0.25, 0.3) is 0 Å². The van der Waals surface area contributed by atoms with Crippen LogP contribution in [0.4, 0.5) is 0 Å². The van der Waals surface area contributed by atoms with Crippen molar-refractivity contribution in [2.24, 2.45) is 0 Å². The third kappa shape index (κ3) is 7.14. The van der Waals surface area contributed by atoms with Crippen molar-refractivity contribution < 1.29 is 27.7 Å². The second-order valence-corrected chi connectivity index (χ2v) is 12.9. The molecule has 2 fully saturated rings. The lowest BCUT2D eigenvalue weighted by atomic mass is 10.3. The summed E-state index contributed by atoms with van der Waals surface area (Å²) in [7, 11) is 0.874. The Kier molecular flexibility index (Phi) is 9.92. The standard InChI is InChI=1S/C19H34N6O8P2/c1-14-9-25(19(27)21-18(14)26)17-11-24(10-16(33-17)12-31-34(28)22(2)3)35(29,23(4)5)32-13-15-8-20-6-7-30-15/h9,15-17,20H,6-8,10-13H2,1-5H3/p+1/t15-,16-,17+,35?/m0/s1. The number of nitrogens with zero attached hydrogens (tertiary/aromatic N) is 4. The predicted octanol–water partition coefficient (Wildman–Crippen LogP) is -0.0453. The van der Waals surface area contributed by atoms with Crippen molar-refractivity contribution in [1.82, 2.24) is 28.9 Å². The molecule has 0 saturated carbocycles. The first-order valence-electron chi connectivity index (χ1n) is 11.3. The first kappa shape index (κ1) is 28.3. The van der Waals surface area contributed by atoms with Crippen molar-refractivity contribution in [2.45, 2.75) is 25.4 Å². The molecule has 1 aromatic heterocycles. The van der Waals surface area contributed by atoms with Gasteiger partial charge in [-0.1, -0.05) is 4.67 Å². The molecule has 0 spiro atoms. The van der Waals surface area contributed by atoms with Crippen molar-refractivity contribution in [3.8, 4) is 0 Å². The Hall–Kier alpha value is -1.31. The molecule has 2 saturated heterocycles. The van der Waals surface area contributed by atoms with Crippen molar-refractivity contribution in [1.29, 1.82) is 0 Å². The molecule has 16 heteroatoms. The summed E-state index contributed by atoms with van der Waals surface area (Å²) in [6.07, 6.45) is -0.434. The molecule has 3 heterocycles. The van der Waals surface area contributed by atoms with Gasteiger partial charge in [-0.05, 0) is 25.6 Å². The lowest BCUT2D eigenvalue weighted by Gasteiger charge is -2.42. The number of ether oxygens (including phenoxy) is 2. The summed E-state index contributed by atoms with van der Waals surface area (Å²) in [6.45, 7) is 3.67. The van der Waals surface area contributed by atoms with E-state index in [1.54, 1.807) is 39.8 Å². The summed E-state index contributed by atoms with van der Waals surface area (Å²) >= 11 is 0. The number of nitrogens with one attached hydrogen (secondary N) is 2. The molecular weight excluding hydrogens is 502 g/mol. The zero-order chi connectivity index (χ0) is 25.8. The average molecular weight is 537 g/mol. The van der Waals surface area contributed by atoms with Crippen molar-refractivity contribution in [2.75, 3.05) is 74.2 Å². The summed E-state index contributed by atoms with van der Waals surface area (Å²) in [6, 6.07) is 0. The number of aryl methyl sites for hydroxylation is 1. The van der Waals surface area contributed by atoms with Crippen molar-refractivity contribution in [3.05, 3.63) is 32.6 Å². The van der Waals surface area contributed by atoms with E-state index >= 15 is 0 Å². The molecule has 14 nitrogen and oxygen atoms in total. The smallest absolute Gasteiger partial charge is 0.373 e. The molecule has 0 aliphatic carbocycles. The highest BCUT2D eigenvalue weighted by atomic mass is 31.2. The van der Waals surface area contributed by atoms with Crippen LogP contribution in [0.3, 0.4) is 0 Å². The van der Waals surface area contributed by atoms with Crippen LogP contribution < -0.4 is 16.6 Å². The topological polar surface area (TPSA) is 148 Å². The Balaban J connectivity index is 1.87. The lowest BCUT2D eigenvalue weighted by molar-refractivity contribution is -0.119. The highest BCUT2D eigenvalue weighted by Gasteiger charge is 2.43. The van der Waals surface area contributed by atoms with Gasteiger partial charge < -0.3 is 19.3 Å². The fraction of sp³-hybridized carbons (Fsp3) is 0.789.